The van der Waals surface area contributed by atoms with Crippen LogP contribution in [0.25, 0.3) is 0 Å². The molecule has 0 aliphatic rings. The van der Waals surface area contributed by atoms with E-state index in [1.807, 2.05) is 26.8 Å². The summed E-state index contributed by atoms with van der Waals surface area (Å²) in [7, 11) is 1.53. The fourth-order valence-corrected chi connectivity index (χ4v) is 3.12. The van der Waals surface area contributed by atoms with Gasteiger partial charge in [-0.15, -0.1) is 35.3 Å². The third kappa shape index (κ3) is 6.35. The molecule has 0 saturated carbocycles. The number of aryl methyl sites for hydroxylation is 2. The van der Waals surface area contributed by atoms with E-state index in [9.17, 15) is 5.11 Å². The number of aromatic hydroxyl groups is 1. The molecule has 8 heteroatoms. The van der Waals surface area contributed by atoms with Crippen molar-refractivity contribution in [1.29, 1.82) is 0 Å². The lowest BCUT2D eigenvalue weighted by atomic mass is 10.2. The van der Waals surface area contributed by atoms with Crippen LogP contribution in [-0.4, -0.2) is 29.7 Å². The zero-order valence-corrected chi connectivity index (χ0v) is 18.1. The Hall–Kier alpha value is -1.55. The molecule has 0 amide bonds. The maximum Gasteiger partial charge on any atom is 0.191 e. The van der Waals surface area contributed by atoms with Crippen molar-refractivity contribution in [3.05, 3.63) is 39.3 Å². The average molecular weight is 476 g/mol. The molecular formula is C17H25IN4O2S. The molecule has 25 heavy (non-hydrogen) atoms. The molecule has 0 radical (unpaired) electrons. The van der Waals surface area contributed by atoms with Crippen LogP contribution in [0.3, 0.4) is 0 Å². The van der Waals surface area contributed by atoms with E-state index < -0.39 is 0 Å². The Bertz CT molecular complexity index is 719. The summed E-state index contributed by atoms with van der Waals surface area (Å²) in [6.45, 7) is 7.99. The number of hydrogen-bond donors (Lipinski definition) is 3. The van der Waals surface area contributed by atoms with Gasteiger partial charge in [-0.1, -0.05) is 6.07 Å². The van der Waals surface area contributed by atoms with Crippen LogP contribution in [0.15, 0.2) is 23.2 Å². The summed E-state index contributed by atoms with van der Waals surface area (Å²) < 4.78 is 5.05. The molecule has 0 aliphatic heterocycles. The van der Waals surface area contributed by atoms with Crippen LogP contribution in [0.1, 0.15) is 28.1 Å². The van der Waals surface area contributed by atoms with E-state index >= 15 is 0 Å². The van der Waals surface area contributed by atoms with E-state index in [0.717, 1.165) is 28.8 Å². The van der Waals surface area contributed by atoms with Gasteiger partial charge in [0.15, 0.2) is 17.5 Å². The third-order valence-corrected chi connectivity index (χ3v) is 4.50. The van der Waals surface area contributed by atoms with Gasteiger partial charge in [0.1, 0.15) is 0 Å². The number of thiazole rings is 1. The summed E-state index contributed by atoms with van der Waals surface area (Å²) in [6, 6.07) is 5.30. The van der Waals surface area contributed by atoms with Crippen molar-refractivity contribution >= 4 is 41.3 Å². The summed E-state index contributed by atoms with van der Waals surface area (Å²) in [5, 5.41) is 17.4. The number of rotatable bonds is 6. The van der Waals surface area contributed by atoms with E-state index in [1.54, 1.807) is 23.5 Å². The number of aromatic nitrogens is 1. The lowest BCUT2D eigenvalue weighted by Crippen LogP contribution is -2.36. The van der Waals surface area contributed by atoms with Crippen LogP contribution < -0.4 is 15.4 Å². The summed E-state index contributed by atoms with van der Waals surface area (Å²) >= 11 is 1.69. The normalized spacial score (nSPS) is 11.0. The number of hydrogen-bond acceptors (Lipinski definition) is 5. The number of nitrogens with one attached hydrogen (secondary N) is 2. The van der Waals surface area contributed by atoms with Crippen molar-refractivity contribution in [2.45, 2.75) is 33.9 Å². The number of halogens is 1. The Morgan fingerprint density at radius 2 is 2.08 bits per heavy atom. The molecule has 2 aromatic rings. The van der Waals surface area contributed by atoms with Crippen molar-refractivity contribution in [3.8, 4) is 11.5 Å². The minimum Gasteiger partial charge on any atom is -0.504 e. The second-order valence-corrected chi connectivity index (χ2v) is 6.58. The Kier molecular flexibility index (Phi) is 8.98. The predicted molar refractivity (Wildman–Crippen MR) is 113 cm³/mol. The van der Waals surface area contributed by atoms with Crippen molar-refractivity contribution in [2.75, 3.05) is 13.7 Å². The van der Waals surface area contributed by atoms with Crippen LogP contribution >= 0.6 is 35.3 Å². The lowest BCUT2D eigenvalue weighted by molar-refractivity contribution is 0.373. The molecule has 1 heterocycles. The molecule has 0 fully saturated rings. The molecule has 0 unspecified atom stereocenters. The second-order valence-electron chi connectivity index (χ2n) is 5.30. The SMILES string of the molecule is CCNC(=NCc1ccc(OC)c(O)c1)NCc1sc(C)nc1C.I. The van der Waals surface area contributed by atoms with Crippen molar-refractivity contribution in [1.82, 2.24) is 15.6 Å². The van der Waals surface area contributed by atoms with Gasteiger partial charge in [0.25, 0.3) is 0 Å². The molecular weight excluding hydrogens is 451 g/mol. The van der Waals surface area contributed by atoms with Gasteiger partial charge >= 0.3 is 0 Å². The average Bonchev–Trinajstić information content (AvgIpc) is 2.88. The van der Waals surface area contributed by atoms with E-state index in [-0.39, 0.29) is 29.7 Å². The Morgan fingerprint density at radius 3 is 2.64 bits per heavy atom. The molecule has 0 bridgehead atoms. The van der Waals surface area contributed by atoms with Crippen LogP contribution in [0.2, 0.25) is 0 Å². The van der Waals surface area contributed by atoms with Crippen LogP contribution in [0, 0.1) is 13.8 Å². The minimum atomic E-state index is 0. The van der Waals surface area contributed by atoms with Gasteiger partial charge < -0.3 is 20.5 Å². The maximum absolute atomic E-state index is 9.83. The number of aliphatic imine (C=N–C) groups is 1. The highest BCUT2D eigenvalue weighted by Crippen LogP contribution is 2.26. The molecule has 0 aliphatic carbocycles. The van der Waals surface area contributed by atoms with Gasteiger partial charge in [0.2, 0.25) is 0 Å². The highest BCUT2D eigenvalue weighted by Gasteiger charge is 2.06. The van der Waals surface area contributed by atoms with Crippen LogP contribution in [0.5, 0.6) is 11.5 Å². The fourth-order valence-electron chi connectivity index (χ4n) is 2.25. The Morgan fingerprint density at radius 1 is 1.32 bits per heavy atom. The van der Waals surface area contributed by atoms with Gasteiger partial charge in [-0.2, -0.15) is 0 Å². The van der Waals surface area contributed by atoms with E-state index in [1.165, 1.54) is 12.0 Å². The van der Waals surface area contributed by atoms with E-state index in [2.05, 4.69) is 20.6 Å². The van der Waals surface area contributed by atoms with Gasteiger partial charge in [0.05, 0.1) is 30.9 Å². The number of methoxy groups -OCH3 is 1. The Labute approximate surface area is 169 Å². The standard InChI is InChI=1S/C17H24N4O2S.HI/c1-5-18-17(20-10-16-11(2)21-12(3)24-16)19-9-13-6-7-15(23-4)14(22)8-13;/h6-8,22H,5,9-10H2,1-4H3,(H2,18,19,20);1H. The number of guanidine groups is 1. The first-order valence-corrected chi connectivity index (χ1v) is 8.66. The van der Waals surface area contributed by atoms with Gasteiger partial charge in [-0.25, -0.2) is 9.98 Å². The first-order valence-electron chi connectivity index (χ1n) is 7.84. The van der Waals surface area contributed by atoms with Crippen LogP contribution in [0.4, 0.5) is 0 Å². The predicted octanol–water partition coefficient (Wildman–Crippen LogP) is 3.35. The number of benzene rings is 1. The third-order valence-electron chi connectivity index (χ3n) is 3.42. The summed E-state index contributed by atoms with van der Waals surface area (Å²) in [4.78, 5) is 10.2. The zero-order chi connectivity index (χ0) is 17.5. The van der Waals surface area contributed by atoms with Crippen molar-refractivity contribution in [2.24, 2.45) is 4.99 Å². The van der Waals surface area contributed by atoms with Gasteiger partial charge in [-0.3, -0.25) is 0 Å². The minimum absolute atomic E-state index is 0. The molecule has 1 aromatic carbocycles. The summed E-state index contributed by atoms with van der Waals surface area (Å²) in [6.07, 6.45) is 0. The molecule has 138 valence electrons. The molecule has 0 saturated heterocycles. The topological polar surface area (TPSA) is 78.8 Å². The summed E-state index contributed by atoms with van der Waals surface area (Å²) in [5.74, 6) is 1.32. The molecule has 1 aromatic heterocycles. The van der Waals surface area contributed by atoms with Gasteiger partial charge in [-0.05, 0) is 38.5 Å². The van der Waals surface area contributed by atoms with Crippen molar-refractivity contribution < 1.29 is 9.84 Å². The smallest absolute Gasteiger partial charge is 0.191 e. The fraction of sp³-hybridized carbons (Fsp3) is 0.412. The van der Waals surface area contributed by atoms with E-state index in [0.29, 0.717) is 18.8 Å². The molecule has 6 nitrogen and oxygen atoms in total. The van der Waals surface area contributed by atoms with E-state index in [4.69, 9.17) is 4.74 Å². The summed E-state index contributed by atoms with van der Waals surface area (Å²) in [5.41, 5.74) is 1.97. The van der Waals surface area contributed by atoms with Crippen LogP contribution in [-0.2, 0) is 13.1 Å². The molecule has 2 rings (SSSR count). The largest absolute Gasteiger partial charge is 0.504 e. The Balaban J connectivity index is 0.00000312. The second kappa shape index (κ2) is 10.4. The first kappa shape index (κ1) is 21.5. The zero-order valence-electron chi connectivity index (χ0n) is 14.9. The molecule has 3 N–H and O–H groups in total. The number of ether oxygens (including phenoxy) is 1. The number of nitrogens with zero attached hydrogens (tertiary/aromatic N) is 2. The highest BCUT2D eigenvalue weighted by atomic mass is 127. The highest BCUT2D eigenvalue weighted by molar-refractivity contribution is 14.0. The van der Waals surface area contributed by atoms with Gasteiger partial charge in [0, 0.05) is 11.4 Å². The monoisotopic (exact) mass is 476 g/mol. The maximum atomic E-state index is 9.83. The number of phenols is 1. The molecule has 0 spiro atoms. The quantitative estimate of drug-likeness (QED) is 0.339. The lowest BCUT2D eigenvalue weighted by Gasteiger charge is -2.11. The molecule has 0 atom stereocenters. The number of phenolic OH excluding ortho intramolecular Hbond substituents is 1. The van der Waals surface area contributed by atoms with Crippen molar-refractivity contribution in [3.63, 3.8) is 0 Å². The first-order chi connectivity index (χ1) is 11.5.